The first kappa shape index (κ1) is 166. The molecule has 0 aliphatic heterocycles. The molecule has 0 spiro atoms. The molecule has 0 fully saturated rings. The summed E-state index contributed by atoms with van der Waals surface area (Å²) in [6.07, 6.45) is 0. The van der Waals surface area contributed by atoms with Crippen LogP contribution in [0.15, 0.2) is 0 Å². The van der Waals surface area contributed by atoms with E-state index in [-0.39, 0.29) is 125 Å². The fourth-order valence-electron chi connectivity index (χ4n) is 0. The van der Waals surface area contributed by atoms with Crippen LogP contribution in [-0.2, 0) is 9.13 Å². The summed E-state index contributed by atoms with van der Waals surface area (Å²) in [6, 6.07) is 0. The summed E-state index contributed by atoms with van der Waals surface area (Å²) in [4.78, 5) is 43.1. The molecule has 24 heavy (non-hydrogen) atoms. The molecule has 0 aromatic heterocycles. The summed E-state index contributed by atoms with van der Waals surface area (Å²) < 4.78 is 17.8. The zero-order valence-corrected chi connectivity index (χ0v) is 12.2. The van der Waals surface area contributed by atoms with Gasteiger partial charge in [-0.1, -0.05) is 0 Å². The van der Waals surface area contributed by atoms with Crippen LogP contribution in [-0.4, -0.2) is 154 Å². The van der Waals surface area contributed by atoms with Crippen LogP contribution in [0.5, 0.6) is 0 Å². The second-order valence-electron chi connectivity index (χ2n) is 1.03. The van der Waals surface area contributed by atoms with E-state index in [1.165, 1.54) is 0 Å². The van der Waals surface area contributed by atoms with Gasteiger partial charge in [-0.2, -0.15) is 0 Å². The average Bonchev–Trinajstić information content (AvgIpc) is 1.12. The molecule has 0 heterocycles. The van der Waals surface area contributed by atoms with Gasteiger partial charge in [0.25, 0.3) is 0 Å². The Morgan fingerprint density at radius 3 is 0.333 bits per heavy atom. The van der Waals surface area contributed by atoms with E-state index in [1.807, 2.05) is 0 Å². The molecule has 30 N–H and O–H groups in total. The third-order valence-corrected chi connectivity index (χ3v) is 0. The Labute approximate surface area is 178 Å². The van der Waals surface area contributed by atoms with Gasteiger partial charge in [-0.15, -0.1) is 0 Å². The quantitative estimate of drug-likeness (QED) is 0.148. The van der Waals surface area contributed by atoms with Gasteiger partial charge in [0, 0.05) is 0 Å². The summed E-state index contributed by atoms with van der Waals surface area (Å²) in [6.45, 7) is 0. The molecule has 0 atom stereocenters. The Hall–Kier alpha value is 1.74. The summed E-state index contributed by atoms with van der Waals surface area (Å²) in [5, 5.41) is 0. The molecule has 164 valence electrons. The normalized spacial score (nSPS) is 4.92. The summed E-state index contributed by atoms with van der Waals surface area (Å²) >= 11 is 0. The van der Waals surface area contributed by atoms with E-state index in [9.17, 15) is 0 Å². The van der Waals surface area contributed by atoms with Gasteiger partial charge in [0.05, 0.1) is 0 Å². The molecule has 0 saturated carbocycles. The topological polar surface area (TPSA) is 534 Å². The third kappa shape index (κ3) is 4050. The van der Waals surface area contributed by atoms with Gasteiger partial charge in [-0.25, -0.2) is 9.13 Å². The number of hydrogen-bond acceptors (Lipinski definition) is 2. The first-order valence-electron chi connectivity index (χ1n) is 1.57. The molecule has 0 aliphatic carbocycles. The maximum atomic E-state index is 8.88. The predicted molar refractivity (Wildman–Crippen MR) is 86.2 cm³/mol. The number of rotatable bonds is 0. The third-order valence-electron chi connectivity index (χ3n) is 0. The van der Waals surface area contributed by atoms with Crippen LogP contribution in [0.3, 0.4) is 0 Å². The Kier molecular flexibility index (Phi) is 511. The van der Waals surface area contributed by atoms with E-state index in [2.05, 4.69) is 0 Å². The van der Waals surface area contributed by atoms with Gasteiger partial charge in [0.1, 0.15) is 0 Å². The van der Waals surface area contributed by atoms with Crippen LogP contribution in [0.4, 0.5) is 0 Å². The first-order valence-corrected chi connectivity index (χ1v) is 4.70. The fourth-order valence-corrected chi connectivity index (χ4v) is 0. The van der Waals surface area contributed by atoms with Crippen molar-refractivity contribution in [2.75, 3.05) is 0 Å². The van der Waals surface area contributed by atoms with Crippen LogP contribution in [0, 0.1) is 0 Å². The molecule has 24 heteroatoms. The summed E-state index contributed by atoms with van der Waals surface area (Å²) in [5.74, 6) is 0. The van der Waals surface area contributed by atoms with Crippen molar-refractivity contribution in [1.82, 2.24) is 0 Å². The fraction of sp³-hybridized carbons (Fsp3) is 0. The van der Waals surface area contributed by atoms with Crippen molar-refractivity contribution in [2.45, 2.75) is 0 Å². The standard InChI is InChI=1S/2Na.2H3O4P.12H2O.2H/c;;2*1-5(2,3)4;;;;;;;;;;;;;;/h;;2*(H3,1,2,3,4);12*1H2;;. The van der Waals surface area contributed by atoms with Gasteiger partial charge < -0.3 is 95.1 Å². The van der Waals surface area contributed by atoms with Crippen molar-refractivity contribution >= 4 is 74.8 Å². The van der Waals surface area contributed by atoms with Crippen LogP contribution in [0.1, 0.15) is 0 Å². The van der Waals surface area contributed by atoms with Crippen LogP contribution < -0.4 is 0 Å². The van der Waals surface area contributed by atoms with Crippen molar-refractivity contribution in [2.24, 2.45) is 0 Å². The van der Waals surface area contributed by atoms with Gasteiger partial charge in [0.2, 0.25) is 0 Å². The van der Waals surface area contributed by atoms with Crippen LogP contribution in [0.25, 0.3) is 0 Å². The molecular formula is H32Na2O20P2. The van der Waals surface area contributed by atoms with E-state index >= 15 is 0 Å². The molecule has 0 aliphatic rings. The molecule has 0 bridgehead atoms. The van der Waals surface area contributed by atoms with Gasteiger partial charge in [-0.05, 0) is 0 Å². The summed E-state index contributed by atoms with van der Waals surface area (Å²) in [5.41, 5.74) is 0. The number of phosphoric acid groups is 2. The maximum absolute atomic E-state index is 8.88. The molecule has 0 rings (SSSR count). The molecule has 0 aromatic carbocycles. The van der Waals surface area contributed by atoms with E-state index in [1.54, 1.807) is 0 Å². The molecule has 0 radical (unpaired) electrons. The monoisotopic (exact) mass is 460 g/mol. The molecular weight excluding hydrogens is 428 g/mol. The zero-order chi connectivity index (χ0) is 9.00. The van der Waals surface area contributed by atoms with E-state index in [4.69, 9.17) is 38.5 Å². The van der Waals surface area contributed by atoms with Gasteiger partial charge >= 0.3 is 74.8 Å². The Balaban J connectivity index is -0.00000000241. The number of hydrogen-bond donors (Lipinski definition) is 6. The zero-order valence-electron chi connectivity index (χ0n) is 10.4. The van der Waals surface area contributed by atoms with Crippen LogP contribution in [0.2, 0.25) is 0 Å². The van der Waals surface area contributed by atoms with Gasteiger partial charge in [0.15, 0.2) is 0 Å². The van der Waals surface area contributed by atoms with Crippen molar-refractivity contribution in [3.8, 4) is 0 Å². The predicted octanol–water partition coefficient (Wildman–Crippen LogP) is -13.1. The SMILES string of the molecule is O.O.O.O.O.O.O.O.O.O.O.O.O=P(O)(O)O.O=P(O)(O)O.[NaH].[NaH]. The Morgan fingerprint density at radius 2 is 0.333 bits per heavy atom. The van der Waals surface area contributed by atoms with Crippen molar-refractivity contribution in [3.63, 3.8) is 0 Å². The van der Waals surface area contributed by atoms with Crippen molar-refractivity contribution < 1.29 is 104 Å². The Bertz CT molecular complexity index is 132. The van der Waals surface area contributed by atoms with Gasteiger partial charge in [-0.3, -0.25) is 0 Å². The second-order valence-corrected chi connectivity index (χ2v) is 3.08. The van der Waals surface area contributed by atoms with Crippen molar-refractivity contribution in [3.05, 3.63) is 0 Å². The van der Waals surface area contributed by atoms with Crippen LogP contribution >= 0.6 is 15.6 Å². The molecule has 0 aromatic rings. The minimum atomic E-state index is -4.64. The van der Waals surface area contributed by atoms with Crippen molar-refractivity contribution in [1.29, 1.82) is 0 Å². The minimum absolute atomic E-state index is 0. The van der Waals surface area contributed by atoms with E-state index < -0.39 is 15.6 Å². The molecule has 0 unspecified atom stereocenters. The van der Waals surface area contributed by atoms with E-state index in [0.717, 1.165) is 0 Å². The Morgan fingerprint density at radius 1 is 0.333 bits per heavy atom. The average molecular weight is 460 g/mol. The van der Waals surface area contributed by atoms with E-state index in [0.29, 0.717) is 0 Å². The second kappa shape index (κ2) is 73.9. The molecule has 0 amide bonds. The summed E-state index contributed by atoms with van der Waals surface area (Å²) in [7, 11) is -9.28. The molecule has 20 nitrogen and oxygen atoms in total. The first-order chi connectivity index (χ1) is 4.00. The molecule has 0 saturated heterocycles.